The van der Waals surface area contributed by atoms with Crippen LogP contribution in [0.5, 0.6) is 0 Å². The number of hydrogen-bond donors (Lipinski definition) is 1. The van der Waals surface area contributed by atoms with Gasteiger partial charge in [-0.1, -0.05) is 0 Å². The standard InChI is InChI=1S/C4H10O2.C4H8O/c1-3-6-4(2)5;1-2-4-5-3-1/h4-5H,3H2,1-2H3;1-4H2. The Bertz CT molecular complexity index is 62.1. The summed E-state index contributed by atoms with van der Waals surface area (Å²) in [5, 5.41) is 8.33. The molecule has 0 spiro atoms. The number of rotatable bonds is 2. The van der Waals surface area contributed by atoms with Gasteiger partial charge in [0.05, 0.1) is 0 Å². The maximum absolute atomic E-state index is 8.33. The second-order valence-electron chi connectivity index (χ2n) is 2.37. The average Bonchev–Trinajstić information content (AvgIpc) is 2.41. The molecule has 0 radical (unpaired) electrons. The molecule has 0 aromatic heterocycles. The molecular formula is C8H18O3. The molecule has 3 nitrogen and oxygen atoms in total. The summed E-state index contributed by atoms with van der Waals surface area (Å²) in [5.41, 5.74) is 0. The first-order valence-electron chi connectivity index (χ1n) is 4.14. The predicted molar refractivity (Wildman–Crippen MR) is 43.4 cm³/mol. The van der Waals surface area contributed by atoms with Crippen molar-refractivity contribution >= 4 is 0 Å². The largest absolute Gasteiger partial charge is 0.381 e. The van der Waals surface area contributed by atoms with Gasteiger partial charge in [-0.3, -0.25) is 0 Å². The van der Waals surface area contributed by atoms with Gasteiger partial charge in [-0.05, 0) is 26.7 Å². The highest BCUT2D eigenvalue weighted by Crippen LogP contribution is 1.98. The predicted octanol–water partition coefficient (Wildman–Crippen LogP) is 1.16. The molecule has 1 unspecified atom stereocenters. The van der Waals surface area contributed by atoms with E-state index < -0.39 is 6.29 Å². The summed E-state index contributed by atoms with van der Waals surface area (Å²) in [7, 11) is 0. The van der Waals surface area contributed by atoms with Crippen molar-refractivity contribution in [1.82, 2.24) is 0 Å². The van der Waals surface area contributed by atoms with Crippen LogP contribution in [0.4, 0.5) is 0 Å². The third-order valence-electron chi connectivity index (χ3n) is 1.24. The Kier molecular flexibility index (Phi) is 7.89. The highest BCUT2D eigenvalue weighted by atomic mass is 16.6. The molecule has 68 valence electrons. The molecule has 0 aliphatic carbocycles. The van der Waals surface area contributed by atoms with Crippen LogP contribution in [0.15, 0.2) is 0 Å². The topological polar surface area (TPSA) is 38.7 Å². The first-order valence-corrected chi connectivity index (χ1v) is 4.14. The van der Waals surface area contributed by atoms with Gasteiger partial charge in [-0.2, -0.15) is 0 Å². The lowest BCUT2D eigenvalue weighted by atomic mass is 10.4. The minimum absolute atomic E-state index is 0.581. The Morgan fingerprint density at radius 3 is 2.09 bits per heavy atom. The SMILES string of the molecule is C1CCOC1.CCOC(C)O. The van der Waals surface area contributed by atoms with Gasteiger partial charge in [-0.25, -0.2) is 0 Å². The maximum Gasteiger partial charge on any atom is 0.151 e. The molecular weight excluding hydrogens is 144 g/mol. The molecule has 1 atom stereocenters. The fraction of sp³-hybridized carbons (Fsp3) is 1.00. The van der Waals surface area contributed by atoms with E-state index in [1.807, 2.05) is 6.92 Å². The van der Waals surface area contributed by atoms with Crippen molar-refractivity contribution in [3.05, 3.63) is 0 Å². The van der Waals surface area contributed by atoms with Crippen molar-refractivity contribution in [2.24, 2.45) is 0 Å². The zero-order chi connectivity index (χ0) is 8.53. The molecule has 0 saturated carbocycles. The fourth-order valence-electron chi connectivity index (χ4n) is 0.752. The van der Waals surface area contributed by atoms with E-state index in [0.717, 1.165) is 13.2 Å². The smallest absolute Gasteiger partial charge is 0.151 e. The normalized spacial score (nSPS) is 18.8. The summed E-state index contributed by atoms with van der Waals surface area (Å²) in [4.78, 5) is 0. The van der Waals surface area contributed by atoms with Gasteiger partial charge in [0.25, 0.3) is 0 Å². The van der Waals surface area contributed by atoms with E-state index in [4.69, 9.17) is 9.84 Å². The summed E-state index contributed by atoms with van der Waals surface area (Å²) in [5.74, 6) is 0. The quantitative estimate of drug-likeness (QED) is 0.619. The first kappa shape index (κ1) is 10.9. The van der Waals surface area contributed by atoms with E-state index in [-0.39, 0.29) is 0 Å². The molecule has 1 fully saturated rings. The van der Waals surface area contributed by atoms with Crippen LogP contribution in [0.1, 0.15) is 26.7 Å². The Balaban J connectivity index is 0.000000183. The van der Waals surface area contributed by atoms with Crippen LogP contribution in [0, 0.1) is 0 Å². The van der Waals surface area contributed by atoms with Crippen molar-refractivity contribution in [1.29, 1.82) is 0 Å². The average molecular weight is 162 g/mol. The van der Waals surface area contributed by atoms with Crippen molar-refractivity contribution < 1.29 is 14.6 Å². The molecule has 0 bridgehead atoms. The molecule has 11 heavy (non-hydrogen) atoms. The minimum Gasteiger partial charge on any atom is -0.381 e. The van der Waals surface area contributed by atoms with E-state index in [9.17, 15) is 0 Å². The van der Waals surface area contributed by atoms with Crippen molar-refractivity contribution in [3.63, 3.8) is 0 Å². The molecule has 1 saturated heterocycles. The van der Waals surface area contributed by atoms with E-state index in [2.05, 4.69) is 4.74 Å². The second-order valence-corrected chi connectivity index (χ2v) is 2.37. The van der Waals surface area contributed by atoms with Gasteiger partial charge in [0.15, 0.2) is 6.29 Å². The van der Waals surface area contributed by atoms with Gasteiger partial charge in [-0.15, -0.1) is 0 Å². The second kappa shape index (κ2) is 7.98. The Morgan fingerprint density at radius 1 is 1.45 bits per heavy atom. The molecule has 1 N–H and O–H groups in total. The van der Waals surface area contributed by atoms with Crippen LogP contribution >= 0.6 is 0 Å². The molecule has 3 heteroatoms. The first-order chi connectivity index (χ1) is 5.27. The van der Waals surface area contributed by atoms with Crippen LogP contribution in [0.3, 0.4) is 0 Å². The third-order valence-corrected chi connectivity index (χ3v) is 1.24. The van der Waals surface area contributed by atoms with Crippen molar-refractivity contribution in [2.75, 3.05) is 19.8 Å². The summed E-state index contributed by atoms with van der Waals surface area (Å²) < 4.78 is 9.54. The summed E-state index contributed by atoms with van der Waals surface area (Å²) >= 11 is 0. The van der Waals surface area contributed by atoms with Gasteiger partial charge in [0, 0.05) is 19.8 Å². The summed E-state index contributed by atoms with van der Waals surface area (Å²) in [6.07, 6.45) is 1.95. The van der Waals surface area contributed by atoms with E-state index in [1.165, 1.54) is 12.8 Å². The molecule has 0 aromatic carbocycles. The van der Waals surface area contributed by atoms with Crippen molar-refractivity contribution in [3.8, 4) is 0 Å². The van der Waals surface area contributed by atoms with E-state index in [0.29, 0.717) is 6.61 Å². The number of ether oxygens (including phenoxy) is 2. The zero-order valence-corrected chi connectivity index (χ0v) is 7.38. The van der Waals surface area contributed by atoms with Gasteiger partial charge in [0.1, 0.15) is 0 Å². The summed E-state index contributed by atoms with van der Waals surface area (Å²) in [6.45, 7) is 6.01. The fourth-order valence-corrected chi connectivity index (χ4v) is 0.752. The van der Waals surface area contributed by atoms with Crippen LogP contribution in [-0.4, -0.2) is 31.2 Å². The third kappa shape index (κ3) is 9.88. The maximum atomic E-state index is 8.33. The highest BCUT2D eigenvalue weighted by Gasteiger charge is 1.94. The monoisotopic (exact) mass is 162 g/mol. The van der Waals surface area contributed by atoms with Crippen LogP contribution in [0.25, 0.3) is 0 Å². The van der Waals surface area contributed by atoms with E-state index >= 15 is 0 Å². The summed E-state index contributed by atoms with van der Waals surface area (Å²) in [6, 6.07) is 0. The lowest BCUT2D eigenvalue weighted by molar-refractivity contribution is -0.0800. The number of aliphatic hydroxyl groups excluding tert-OH is 1. The molecule has 1 aliphatic rings. The van der Waals surface area contributed by atoms with Gasteiger partial charge >= 0.3 is 0 Å². The zero-order valence-electron chi connectivity index (χ0n) is 7.38. The minimum atomic E-state index is -0.602. The lowest BCUT2D eigenvalue weighted by Crippen LogP contribution is -2.04. The number of aliphatic hydroxyl groups is 1. The molecule has 1 aliphatic heterocycles. The van der Waals surface area contributed by atoms with Gasteiger partial charge < -0.3 is 14.6 Å². The van der Waals surface area contributed by atoms with Crippen LogP contribution in [0.2, 0.25) is 0 Å². The molecule has 0 aromatic rings. The Morgan fingerprint density at radius 2 is 2.00 bits per heavy atom. The lowest BCUT2D eigenvalue weighted by Gasteiger charge is -1.99. The Labute approximate surface area is 68.3 Å². The molecule has 1 heterocycles. The van der Waals surface area contributed by atoms with Crippen LogP contribution < -0.4 is 0 Å². The molecule has 0 amide bonds. The Hall–Kier alpha value is -0.120. The van der Waals surface area contributed by atoms with Crippen LogP contribution in [-0.2, 0) is 9.47 Å². The highest BCUT2D eigenvalue weighted by molar-refractivity contribution is 4.43. The van der Waals surface area contributed by atoms with E-state index in [1.54, 1.807) is 6.92 Å². The van der Waals surface area contributed by atoms with Gasteiger partial charge in [0.2, 0.25) is 0 Å². The number of hydrogen-bond acceptors (Lipinski definition) is 3. The molecule has 1 rings (SSSR count). The van der Waals surface area contributed by atoms with Crippen molar-refractivity contribution in [2.45, 2.75) is 33.0 Å².